The molecule has 0 unspecified atom stereocenters. The molecule has 162 valence electrons. The molecule has 2 aromatic carbocycles. The van der Waals surface area contributed by atoms with Gasteiger partial charge in [-0.05, 0) is 54.2 Å². The summed E-state index contributed by atoms with van der Waals surface area (Å²) in [5.74, 6) is 2.79. The van der Waals surface area contributed by atoms with E-state index in [9.17, 15) is 4.79 Å². The highest BCUT2D eigenvalue weighted by Gasteiger charge is 2.20. The first-order valence-electron chi connectivity index (χ1n) is 11.3. The molecule has 6 nitrogen and oxygen atoms in total. The second-order valence-electron chi connectivity index (χ2n) is 8.68. The second kappa shape index (κ2) is 8.61. The first kappa shape index (κ1) is 19.9. The maximum atomic E-state index is 11.6. The third-order valence-electron chi connectivity index (χ3n) is 6.54. The first-order chi connectivity index (χ1) is 15.2. The van der Waals surface area contributed by atoms with Crippen LogP contribution in [0.5, 0.6) is 5.75 Å². The van der Waals surface area contributed by atoms with Crippen molar-refractivity contribution in [3.05, 3.63) is 53.3 Å². The Morgan fingerprint density at radius 3 is 2.90 bits per heavy atom. The third kappa shape index (κ3) is 4.24. The van der Waals surface area contributed by atoms with Crippen LogP contribution in [0.3, 0.4) is 0 Å². The molecule has 5 rings (SSSR count). The van der Waals surface area contributed by atoms with Crippen molar-refractivity contribution in [2.24, 2.45) is 5.92 Å². The van der Waals surface area contributed by atoms with Gasteiger partial charge in [-0.15, -0.1) is 0 Å². The highest BCUT2D eigenvalue weighted by atomic mass is 16.5. The number of amides is 1. The number of rotatable bonds is 5. The van der Waals surface area contributed by atoms with E-state index < -0.39 is 6.09 Å². The molecule has 1 fully saturated rings. The lowest BCUT2D eigenvalue weighted by atomic mass is 9.89. The summed E-state index contributed by atoms with van der Waals surface area (Å²) in [4.78, 5) is 16.6. The number of imidazole rings is 1. The summed E-state index contributed by atoms with van der Waals surface area (Å²) >= 11 is 0. The van der Waals surface area contributed by atoms with Gasteiger partial charge in [-0.3, -0.25) is 5.32 Å². The summed E-state index contributed by atoms with van der Waals surface area (Å²) < 4.78 is 12.8. The minimum Gasteiger partial charge on any atom is -0.493 e. The molecule has 0 atom stereocenters. The number of carbonyl (C=O) groups is 1. The van der Waals surface area contributed by atoms with E-state index in [1.807, 2.05) is 12.1 Å². The summed E-state index contributed by atoms with van der Waals surface area (Å²) in [5, 5.41) is 2.75. The monoisotopic (exact) mass is 419 g/mol. The molecular formula is C25H29N3O3. The topological polar surface area (TPSA) is 65.4 Å². The molecule has 2 aliphatic rings. The summed E-state index contributed by atoms with van der Waals surface area (Å²) in [6, 6.07) is 12.4. The van der Waals surface area contributed by atoms with E-state index >= 15 is 0 Å². The highest BCUT2D eigenvalue weighted by molar-refractivity contribution is 5.88. The maximum absolute atomic E-state index is 11.6. The predicted octanol–water partition coefficient (Wildman–Crippen LogP) is 5.32. The summed E-state index contributed by atoms with van der Waals surface area (Å²) in [6.07, 6.45) is 7.87. The molecule has 0 saturated heterocycles. The Balaban J connectivity index is 1.49. The number of methoxy groups -OCH3 is 1. The first-order valence-corrected chi connectivity index (χ1v) is 11.3. The number of nitrogens with zero attached hydrogens (tertiary/aromatic N) is 2. The molecule has 1 amide bonds. The maximum Gasteiger partial charge on any atom is 0.411 e. The molecule has 0 spiro atoms. The second-order valence-corrected chi connectivity index (χ2v) is 8.68. The Labute approximate surface area is 182 Å². The molecule has 6 heteroatoms. The van der Waals surface area contributed by atoms with Crippen LogP contribution in [0.4, 0.5) is 10.5 Å². The van der Waals surface area contributed by atoms with Crippen molar-refractivity contribution < 1.29 is 14.3 Å². The third-order valence-corrected chi connectivity index (χ3v) is 6.54. The lowest BCUT2D eigenvalue weighted by Gasteiger charge is -2.23. The van der Waals surface area contributed by atoms with Crippen molar-refractivity contribution in [2.75, 3.05) is 19.0 Å². The van der Waals surface area contributed by atoms with Gasteiger partial charge in [-0.2, -0.15) is 0 Å². The van der Waals surface area contributed by atoms with Gasteiger partial charge in [0.05, 0.1) is 24.8 Å². The quantitative estimate of drug-likeness (QED) is 0.608. The minimum atomic E-state index is -0.471. The van der Waals surface area contributed by atoms with E-state index in [1.54, 1.807) is 0 Å². The van der Waals surface area contributed by atoms with Crippen LogP contribution in [0.2, 0.25) is 0 Å². The Morgan fingerprint density at radius 2 is 2.06 bits per heavy atom. The summed E-state index contributed by atoms with van der Waals surface area (Å²) in [6.45, 7) is 1.78. The average Bonchev–Trinajstić information content (AvgIpc) is 3.38. The molecule has 2 heterocycles. The fraction of sp³-hybridized carbons (Fsp3) is 0.440. The van der Waals surface area contributed by atoms with E-state index in [2.05, 4.69) is 34.1 Å². The predicted molar refractivity (Wildman–Crippen MR) is 121 cm³/mol. The van der Waals surface area contributed by atoms with Gasteiger partial charge in [-0.1, -0.05) is 31.4 Å². The van der Waals surface area contributed by atoms with Gasteiger partial charge in [0, 0.05) is 25.1 Å². The SMILES string of the molecule is COC(=O)Nc1ccc2c(c1)nc(Cc1ccc3c(c1)CCO3)n2CC1CCCCC1. The van der Waals surface area contributed by atoms with Crippen molar-refractivity contribution >= 4 is 22.8 Å². The molecular weight excluding hydrogens is 390 g/mol. The van der Waals surface area contributed by atoms with Crippen molar-refractivity contribution in [3.8, 4) is 5.75 Å². The van der Waals surface area contributed by atoms with Gasteiger partial charge < -0.3 is 14.0 Å². The van der Waals surface area contributed by atoms with Crippen LogP contribution in [0.1, 0.15) is 49.1 Å². The van der Waals surface area contributed by atoms with Crippen LogP contribution >= 0.6 is 0 Å². The number of anilines is 1. The lowest BCUT2D eigenvalue weighted by molar-refractivity contribution is 0.187. The number of nitrogens with one attached hydrogen (secondary N) is 1. The van der Waals surface area contributed by atoms with Crippen LogP contribution in [-0.2, 0) is 24.1 Å². The van der Waals surface area contributed by atoms with Gasteiger partial charge in [0.1, 0.15) is 11.6 Å². The molecule has 1 aliphatic heterocycles. The minimum absolute atomic E-state index is 0.471. The Morgan fingerprint density at radius 1 is 1.19 bits per heavy atom. The van der Waals surface area contributed by atoms with Crippen LogP contribution in [0.25, 0.3) is 11.0 Å². The molecule has 3 aromatic rings. The number of hydrogen-bond acceptors (Lipinski definition) is 4. The van der Waals surface area contributed by atoms with E-state index in [0.717, 1.165) is 48.6 Å². The number of benzene rings is 2. The number of fused-ring (bicyclic) bond motifs is 2. The van der Waals surface area contributed by atoms with Gasteiger partial charge >= 0.3 is 6.09 Å². The molecule has 1 N–H and O–H groups in total. The standard InChI is InChI=1S/C25H29N3O3/c1-30-25(29)26-20-8-9-22-21(15-20)27-24(28(22)16-17-5-3-2-4-6-17)14-18-7-10-23-19(13-18)11-12-31-23/h7-10,13,15,17H,2-6,11-12,14,16H2,1H3,(H,26,29). The number of ether oxygens (including phenoxy) is 2. The molecule has 1 aliphatic carbocycles. The molecule has 0 bridgehead atoms. The summed E-state index contributed by atoms with van der Waals surface area (Å²) in [7, 11) is 1.37. The number of carbonyl (C=O) groups excluding carboxylic acids is 1. The van der Waals surface area contributed by atoms with Gasteiger partial charge in [0.2, 0.25) is 0 Å². The van der Waals surface area contributed by atoms with Crippen molar-refractivity contribution in [1.82, 2.24) is 9.55 Å². The van der Waals surface area contributed by atoms with Crippen molar-refractivity contribution in [1.29, 1.82) is 0 Å². The van der Waals surface area contributed by atoms with Crippen LogP contribution < -0.4 is 10.1 Å². The zero-order valence-corrected chi connectivity index (χ0v) is 18.0. The zero-order valence-electron chi connectivity index (χ0n) is 18.0. The number of hydrogen-bond donors (Lipinski definition) is 1. The highest BCUT2D eigenvalue weighted by Crippen LogP contribution is 2.30. The Hall–Kier alpha value is -3.02. The molecule has 0 radical (unpaired) electrons. The van der Waals surface area contributed by atoms with E-state index in [-0.39, 0.29) is 0 Å². The fourth-order valence-corrected chi connectivity index (χ4v) is 4.93. The van der Waals surface area contributed by atoms with Crippen LogP contribution in [0.15, 0.2) is 36.4 Å². The molecule has 1 aromatic heterocycles. The largest absolute Gasteiger partial charge is 0.493 e. The van der Waals surface area contributed by atoms with Crippen molar-refractivity contribution in [3.63, 3.8) is 0 Å². The van der Waals surface area contributed by atoms with E-state index in [1.165, 1.54) is 50.3 Å². The normalized spacial score (nSPS) is 16.2. The van der Waals surface area contributed by atoms with Gasteiger partial charge in [0.25, 0.3) is 0 Å². The van der Waals surface area contributed by atoms with E-state index in [4.69, 9.17) is 14.5 Å². The smallest absolute Gasteiger partial charge is 0.411 e. The number of aromatic nitrogens is 2. The molecule has 1 saturated carbocycles. The zero-order chi connectivity index (χ0) is 21.2. The summed E-state index contributed by atoms with van der Waals surface area (Å²) in [5.41, 5.74) is 5.28. The van der Waals surface area contributed by atoms with Crippen LogP contribution in [0, 0.1) is 5.92 Å². The van der Waals surface area contributed by atoms with Gasteiger partial charge in [0.15, 0.2) is 0 Å². The van der Waals surface area contributed by atoms with Gasteiger partial charge in [-0.25, -0.2) is 9.78 Å². The van der Waals surface area contributed by atoms with Crippen molar-refractivity contribution in [2.45, 2.75) is 51.5 Å². The average molecular weight is 420 g/mol. The Kier molecular flexibility index (Phi) is 5.53. The lowest BCUT2D eigenvalue weighted by Crippen LogP contribution is -2.16. The fourth-order valence-electron chi connectivity index (χ4n) is 4.93. The Bertz CT molecular complexity index is 1100. The van der Waals surface area contributed by atoms with E-state index in [0.29, 0.717) is 11.6 Å². The van der Waals surface area contributed by atoms with Crippen LogP contribution in [-0.4, -0.2) is 29.4 Å². The molecule has 31 heavy (non-hydrogen) atoms.